The number of halogens is 3. The Morgan fingerprint density at radius 3 is 1.81 bits per heavy atom. The van der Waals surface area contributed by atoms with Gasteiger partial charge in [0.05, 0.1) is 5.54 Å². The molecule has 4 bridgehead atoms. The third-order valence-corrected chi connectivity index (χ3v) is 6.43. The van der Waals surface area contributed by atoms with E-state index in [0.29, 0.717) is 0 Å². The van der Waals surface area contributed by atoms with E-state index in [-0.39, 0.29) is 5.54 Å². The number of carboxylic acids is 1. The second kappa shape index (κ2) is 7.48. The molecule has 0 amide bonds. The van der Waals surface area contributed by atoms with Crippen LogP contribution in [0.25, 0.3) is 0 Å². The van der Waals surface area contributed by atoms with Crippen molar-refractivity contribution < 1.29 is 23.1 Å². The van der Waals surface area contributed by atoms with Crippen molar-refractivity contribution in [2.45, 2.75) is 50.2 Å². The standard InChI is InChI=1S/C16H28N4.C2HF3O2/c1-19-2-4-20(5-3-19)15(17)18-16-9-12-6-13(10-16)8-14(7-12)11-16;3-2(4,5)1(6)7/h12-14H,2-11H2,1H3,(H2,17,18);(H,6,7). The van der Waals surface area contributed by atoms with Gasteiger partial charge < -0.3 is 20.6 Å². The number of nitrogens with two attached hydrogens (primary N) is 1. The maximum Gasteiger partial charge on any atom is 0.490 e. The van der Waals surface area contributed by atoms with E-state index in [2.05, 4.69) is 16.8 Å². The Morgan fingerprint density at radius 2 is 1.44 bits per heavy atom. The summed E-state index contributed by atoms with van der Waals surface area (Å²) in [7, 11) is 2.18. The fourth-order valence-corrected chi connectivity index (χ4v) is 5.55. The summed E-state index contributed by atoms with van der Waals surface area (Å²) < 4.78 is 31.7. The predicted molar refractivity (Wildman–Crippen MR) is 95.3 cm³/mol. The highest BCUT2D eigenvalue weighted by Crippen LogP contribution is 2.57. The monoisotopic (exact) mass is 390 g/mol. The van der Waals surface area contributed by atoms with Gasteiger partial charge in [0.2, 0.25) is 0 Å². The molecule has 5 rings (SSSR count). The second-order valence-corrected chi connectivity index (χ2v) is 8.71. The summed E-state index contributed by atoms with van der Waals surface area (Å²) in [6, 6.07) is 0. The number of aliphatic carboxylic acids is 1. The topological polar surface area (TPSA) is 82.2 Å². The quantitative estimate of drug-likeness (QED) is 0.530. The van der Waals surface area contributed by atoms with Crippen LogP contribution in [0.3, 0.4) is 0 Å². The van der Waals surface area contributed by atoms with Crippen molar-refractivity contribution in [3.8, 4) is 0 Å². The van der Waals surface area contributed by atoms with E-state index in [1.807, 2.05) is 0 Å². The highest BCUT2D eigenvalue weighted by atomic mass is 19.4. The lowest BCUT2D eigenvalue weighted by molar-refractivity contribution is -0.192. The van der Waals surface area contributed by atoms with E-state index < -0.39 is 12.1 Å². The molecule has 6 nitrogen and oxygen atoms in total. The van der Waals surface area contributed by atoms with E-state index in [9.17, 15) is 13.2 Å². The first-order valence-corrected chi connectivity index (χ1v) is 9.65. The van der Waals surface area contributed by atoms with Crippen LogP contribution in [0.1, 0.15) is 38.5 Å². The Balaban J connectivity index is 0.000000260. The number of hydrogen-bond acceptors (Lipinski definition) is 3. The Morgan fingerprint density at radius 1 is 1.04 bits per heavy atom. The summed E-state index contributed by atoms with van der Waals surface area (Å²) in [6.45, 7) is 4.30. The van der Waals surface area contributed by atoms with Gasteiger partial charge in [-0.25, -0.2) is 9.79 Å². The molecule has 1 heterocycles. The number of rotatable bonds is 1. The molecule has 5 fully saturated rings. The van der Waals surface area contributed by atoms with Crippen molar-refractivity contribution >= 4 is 11.9 Å². The number of nitrogens with zero attached hydrogens (tertiary/aromatic N) is 3. The third kappa shape index (κ3) is 4.86. The number of carboxylic acid groups (broad SMARTS) is 1. The molecule has 5 aliphatic rings. The number of likely N-dealkylation sites (N-methyl/N-ethyl adjacent to an activating group) is 1. The van der Waals surface area contributed by atoms with Crippen LogP contribution in [0.2, 0.25) is 0 Å². The summed E-state index contributed by atoms with van der Waals surface area (Å²) in [5, 5.41) is 7.12. The molecule has 154 valence electrons. The van der Waals surface area contributed by atoms with Crippen LogP contribution in [0, 0.1) is 17.8 Å². The van der Waals surface area contributed by atoms with Crippen molar-refractivity contribution in [3.63, 3.8) is 0 Å². The molecule has 3 N–H and O–H groups in total. The number of piperazine rings is 1. The van der Waals surface area contributed by atoms with Gasteiger partial charge in [0.15, 0.2) is 5.96 Å². The molecule has 1 saturated heterocycles. The number of alkyl halides is 3. The first-order valence-electron chi connectivity index (χ1n) is 9.65. The van der Waals surface area contributed by atoms with Gasteiger partial charge in [-0.3, -0.25) is 0 Å². The van der Waals surface area contributed by atoms with E-state index in [1.165, 1.54) is 38.5 Å². The minimum absolute atomic E-state index is 0.224. The van der Waals surface area contributed by atoms with Gasteiger partial charge in [0.25, 0.3) is 0 Å². The largest absolute Gasteiger partial charge is 0.490 e. The van der Waals surface area contributed by atoms with Gasteiger partial charge in [0, 0.05) is 26.2 Å². The minimum atomic E-state index is -5.08. The first-order chi connectivity index (χ1) is 12.6. The molecular formula is C18H29F3N4O2. The normalized spacial score (nSPS) is 36.4. The van der Waals surface area contributed by atoms with Crippen LogP contribution in [-0.2, 0) is 4.79 Å². The molecule has 0 aromatic rings. The molecule has 0 aromatic carbocycles. The smallest absolute Gasteiger partial charge is 0.475 e. The van der Waals surface area contributed by atoms with Crippen LogP contribution < -0.4 is 5.73 Å². The molecule has 1 aliphatic heterocycles. The Bertz CT molecular complexity index is 550. The van der Waals surface area contributed by atoms with Crippen LogP contribution in [0.5, 0.6) is 0 Å². The predicted octanol–water partition coefficient (Wildman–Crippen LogP) is 2.15. The average Bonchev–Trinajstić information content (AvgIpc) is 2.53. The highest BCUT2D eigenvalue weighted by Gasteiger charge is 2.51. The van der Waals surface area contributed by atoms with E-state index in [1.54, 1.807) is 0 Å². The SMILES string of the molecule is CN1CCN(C(N)=NC23CC4CC(CC(C4)C2)C3)CC1.O=C(O)C(F)(F)F. The summed E-state index contributed by atoms with van der Waals surface area (Å²) in [5.74, 6) is 0.924. The van der Waals surface area contributed by atoms with Crippen LogP contribution in [0.15, 0.2) is 4.99 Å². The van der Waals surface area contributed by atoms with Gasteiger partial charge in [-0.1, -0.05) is 0 Å². The van der Waals surface area contributed by atoms with E-state index >= 15 is 0 Å². The number of guanidine groups is 1. The Labute approximate surface area is 157 Å². The Kier molecular flexibility index (Phi) is 5.61. The average molecular weight is 390 g/mol. The molecule has 0 aromatic heterocycles. The van der Waals surface area contributed by atoms with Gasteiger partial charge in [0.1, 0.15) is 0 Å². The van der Waals surface area contributed by atoms with E-state index in [0.717, 1.165) is 49.9 Å². The van der Waals surface area contributed by atoms with Crippen molar-refractivity contribution in [3.05, 3.63) is 0 Å². The fraction of sp³-hybridized carbons (Fsp3) is 0.889. The maximum absolute atomic E-state index is 10.6. The molecule has 9 heteroatoms. The van der Waals surface area contributed by atoms with Crippen molar-refractivity contribution in [2.24, 2.45) is 28.5 Å². The zero-order valence-corrected chi connectivity index (χ0v) is 15.7. The third-order valence-electron chi connectivity index (χ3n) is 6.43. The lowest BCUT2D eigenvalue weighted by Gasteiger charge is -2.55. The minimum Gasteiger partial charge on any atom is -0.475 e. The molecule has 0 atom stereocenters. The molecule has 27 heavy (non-hydrogen) atoms. The Hall–Kier alpha value is -1.51. The van der Waals surface area contributed by atoms with Crippen LogP contribution >= 0.6 is 0 Å². The molecule has 0 unspecified atom stereocenters. The zero-order valence-electron chi connectivity index (χ0n) is 15.7. The van der Waals surface area contributed by atoms with Crippen molar-refractivity contribution in [2.75, 3.05) is 33.2 Å². The summed E-state index contributed by atoms with van der Waals surface area (Å²) >= 11 is 0. The number of hydrogen-bond donors (Lipinski definition) is 2. The molecule has 0 spiro atoms. The van der Waals surface area contributed by atoms with Gasteiger partial charge in [-0.2, -0.15) is 13.2 Å². The lowest BCUT2D eigenvalue weighted by Crippen LogP contribution is -2.54. The zero-order chi connectivity index (χ0) is 19.8. The fourth-order valence-electron chi connectivity index (χ4n) is 5.55. The summed E-state index contributed by atoms with van der Waals surface area (Å²) in [6.07, 6.45) is 3.28. The number of carbonyl (C=O) groups is 1. The summed E-state index contributed by atoms with van der Waals surface area (Å²) in [4.78, 5) is 18.7. The molecular weight excluding hydrogens is 361 g/mol. The second-order valence-electron chi connectivity index (χ2n) is 8.71. The van der Waals surface area contributed by atoms with Gasteiger partial charge >= 0.3 is 12.1 Å². The first kappa shape index (κ1) is 20.2. The van der Waals surface area contributed by atoms with E-state index in [4.69, 9.17) is 20.6 Å². The lowest BCUT2D eigenvalue weighted by atomic mass is 9.53. The highest BCUT2D eigenvalue weighted by molar-refractivity contribution is 5.78. The number of aliphatic imine (C=N–C) groups is 1. The van der Waals surface area contributed by atoms with Crippen LogP contribution in [-0.4, -0.2) is 71.8 Å². The van der Waals surface area contributed by atoms with Crippen molar-refractivity contribution in [1.29, 1.82) is 0 Å². The maximum atomic E-state index is 10.6. The summed E-state index contributed by atoms with van der Waals surface area (Å²) in [5.41, 5.74) is 6.60. The van der Waals surface area contributed by atoms with Gasteiger partial charge in [-0.05, 0) is 63.3 Å². The van der Waals surface area contributed by atoms with Crippen molar-refractivity contribution in [1.82, 2.24) is 9.80 Å². The van der Waals surface area contributed by atoms with Gasteiger partial charge in [-0.15, -0.1) is 0 Å². The van der Waals surface area contributed by atoms with Crippen LogP contribution in [0.4, 0.5) is 13.2 Å². The molecule has 0 radical (unpaired) electrons. The molecule has 4 saturated carbocycles. The molecule has 4 aliphatic carbocycles.